The van der Waals surface area contributed by atoms with Crippen LogP contribution in [0.1, 0.15) is 17.7 Å². The van der Waals surface area contributed by atoms with Gasteiger partial charge in [-0.15, -0.1) is 23.5 Å². The molecule has 0 spiro atoms. The highest BCUT2D eigenvalue weighted by Crippen LogP contribution is 2.41. The topological polar surface area (TPSA) is 122 Å². The molecule has 11 heteroatoms. The molecule has 2 aliphatic rings. The molecule has 3 atom stereocenters. The van der Waals surface area contributed by atoms with E-state index in [1.165, 1.54) is 37.6 Å². The van der Waals surface area contributed by atoms with Crippen LogP contribution in [-0.4, -0.2) is 70.6 Å². The van der Waals surface area contributed by atoms with Crippen LogP contribution in [0.15, 0.2) is 41.6 Å². The monoisotopic (exact) mass is 466 g/mol. The zero-order valence-electron chi connectivity index (χ0n) is 16.9. The maximum absolute atomic E-state index is 13.0. The zero-order valence-corrected chi connectivity index (χ0v) is 18.5. The average Bonchev–Trinajstić information content (AvgIpc) is 2.76. The SMILES string of the molecule is COCSC(C(=O)N[C@H]1C(=O)N2C(C(=O)O)=C(COC(C)=O)CSC12)c1ccccc1. The van der Waals surface area contributed by atoms with E-state index in [9.17, 15) is 24.3 Å². The van der Waals surface area contributed by atoms with Gasteiger partial charge in [0.25, 0.3) is 5.91 Å². The summed E-state index contributed by atoms with van der Waals surface area (Å²) < 4.78 is 10.0. The number of aliphatic carboxylic acids is 1. The molecule has 3 rings (SSSR count). The van der Waals surface area contributed by atoms with Gasteiger partial charge in [0.15, 0.2) is 0 Å². The Morgan fingerprint density at radius 3 is 2.65 bits per heavy atom. The standard InChI is InChI=1S/C20H22N2O7S2/c1-11(23)29-8-13-9-30-19-14(18(25)22(19)15(13)20(26)27)21-17(24)16(31-10-28-2)12-6-4-3-5-7-12/h3-7,14,16,19H,8-10H2,1-2H3,(H,21,24)(H,26,27)/t14-,16?,19?/m0/s1. The number of rotatable bonds is 9. The van der Waals surface area contributed by atoms with E-state index in [4.69, 9.17) is 9.47 Å². The summed E-state index contributed by atoms with van der Waals surface area (Å²) in [7, 11) is 1.53. The van der Waals surface area contributed by atoms with E-state index in [2.05, 4.69) is 5.32 Å². The van der Waals surface area contributed by atoms with Crippen LogP contribution in [0, 0.1) is 0 Å². The minimum Gasteiger partial charge on any atom is -0.477 e. The van der Waals surface area contributed by atoms with Crippen LogP contribution < -0.4 is 5.32 Å². The number of esters is 1. The van der Waals surface area contributed by atoms with Crippen LogP contribution in [0.4, 0.5) is 0 Å². The Labute approximate surface area is 187 Å². The van der Waals surface area contributed by atoms with Crippen LogP contribution in [0.3, 0.4) is 0 Å². The average molecular weight is 467 g/mol. The predicted octanol–water partition coefficient (Wildman–Crippen LogP) is 1.37. The number of benzene rings is 1. The normalized spacial score (nSPS) is 21.1. The third-order valence-corrected chi connectivity index (χ3v) is 7.22. The third-order valence-electron chi connectivity index (χ3n) is 4.69. The lowest BCUT2D eigenvalue weighted by Crippen LogP contribution is -2.70. The quantitative estimate of drug-likeness (QED) is 0.316. The Balaban J connectivity index is 1.74. The summed E-state index contributed by atoms with van der Waals surface area (Å²) in [4.78, 5) is 49.8. The molecule has 1 fully saturated rings. The van der Waals surface area contributed by atoms with Crippen molar-refractivity contribution in [2.75, 3.05) is 25.4 Å². The number of ether oxygens (including phenoxy) is 2. The Bertz CT molecular complexity index is 906. The molecule has 9 nitrogen and oxygen atoms in total. The van der Waals surface area contributed by atoms with Gasteiger partial charge in [-0.2, -0.15) is 0 Å². The summed E-state index contributed by atoms with van der Waals surface area (Å²) in [5.74, 6) is -2.10. The molecule has 1 saturated heterocycles. The molecule has 2 heterocycles. The molecular weight excluding hydrogens is 444 g/mol. The second kappa shape index (κ2) is 10.2. The summed E-state index contributed by atoms with van der Waals surface area (Å²) in [6, 6.07) is 8.30. The highest BCUT2D eigenvalue weighted by molar-refractivity contribution is 8.00. The second-order valence-electron chi connectivity index (χ2n) is 6.80. The first kappa shape index (κ1) is 23.2. The van der Waals surface area contributed by atoms with E-state index in [1.54, 1.807) is 0 Å². The van der Waals surface area contributed by atoms with Gasteiger partial charge in [0.1, 0.15) is 29.0 Å². The predicted molar refractivity (Wildman–Crippen MR) is 115 cm³/mol. The Morgan fingerprint density at radius 1 is 1.32 bits per heavy atom. The number of carbonyl (C=O) groups is 4. The maximum Gasteiger partial charge on any atom is 0.352 e. The van der Waals surface area contributed by atoms with Gasteiger partial charge in [-0.05, 0) is 5.56 Å². The lowest BCUT2D eigenvalue weighted by Gasteiger charge is -2.49. The Morgan fingerprint density at radius 2 is 2.03 bits per heavy atom. The van der Waals surface area contributed by atoms with Crippen molar-refractivity contribution < 1.29 is 33.8 Å². The van der Waals surface area contributed by atoms with E-state index in [-0.39, 0.29) is 24.0 Å². The van der Waals surface area contributed by atoms with Crippen molar-refractivity contribution in [3.05, 3.63) is 47.2 Å². The summed E-state index contributed by atoms with van der Waals surface area (Å²) in [6.45, 7) is 1.03. The van der Waals surface area contributed by atoms with Crippen molar-refractivity contribution in [3.63, 3.8) is 0 Å². The molecule has 2 amide bonds. The van der Waals surface area contributed by atoms with Crippen molar-refractivity contribution >= 4 is 47.3 Å². The fraction of sp³-hybridized carbons (Fsp3) is 0.400. The maximum atomic E-state index is 13.0. The first-order valence-electron chi connectivity index (χ1n) is 9.34. The second-order valence-corrected chi connectivity index (χ2v) is 8.94. The van der Waals surface area contributed by atoms with Crippen molar-refractivity contribution in [1.29, 1.82) is 0 Å². The highest BCUT2D eigenvalue weighted by Gasteiger charge is 2.54. The molecule has 1 aromatic rings. The van der Waals surface area contributed by atoms with Gasteiger partial charge < -0.3 is 19.9 Å². The molecule has 0 aromatic heterocycles. The Kier molecular flexibility index (Phi) is 7.63. The Hall–Kier alpha value is -2.50. The molecular formula is C20H22N2O7S2. The van der Waals surface area contributed by atoms with E-state index in [1.807, 2.05) is 30.3 Å². The molecule has 0 saturated carbocycles. The van der Waals surface area contributed by atoms with Gasteiger partial charge in [0, 0.05) is 25.4 Å². The molecule has 2 unspecified atom stereocenters. The first-order valence-corrected chi connectivity index (χ1v) is 11.4. The van der Waals surface area contributed by atoms with Crippen LogP contribution in [0.5, 0.6) is 0 Å². The lowest BCUT2D eigenvalue weighted by molar-refractivity contribution is -0.151. The van der Waals surface area contributed by atoms with Gasteiger partial charge in [0.05, 0.1) is 5.94 Å². The molecule has 166 valence electrons. The van der Waals surface area contributed by atoms with Gasteiger partial charge in [0.2, 0.25) is 5.91 Å². The summed E-state index contributed by atoms with van der Waals surface area (Å²) in [6.07, 6.45) is 0. The van der Waals surface area contributed by atoms with Crippen LogP contribution >= 0.6 is 23.5 Å². The van der Waals surface area contributed by atoms with Crippen LogP contribution in [0.2, 0.25) is 0 Å². The molecule has 2 aliphatic heterocycles. The van der Waals surface area contributed by atoms with E-state index in [0.29, 0.717) is 11.5 Å². The lowest BCUT2D eigenvalue weighted by atomic mass is 10.0. The number of nitrogens with zero attached hydrogens (tertiary/aromatic N) is 1. The van der Waals surface area contributed by atoms with Crippen molar-refractivity contribution in [2.24, 2.45) is 0 Å². The number of nitrogens with one attached hydrogen (secondary N) is 1. The fourth-order valence-corrected chi connectivity index (χ4v) is 5.47. The van der Waals surface area contributed by atoms with Gasteiger partial charge in [-0.1, -0.05) is 30.3 Å². The van der Waals surface area contributed by atoms with Crippen molar-refractivity contribution in [1.82, 2.24) is 10.2 Å². The van der Waals surface area contributed by atoms with E-state index >= 15 is 0 Å². The number of thioether (sulfide) groups is 2. The number of β-lactam (4-membered cyclic amide) rings is 1. The van der Waals surface area contributed by atoms with E-state index < -0.39 is 34.5 Å². The van der Waals surface area contributed by atoms with Crippen molar-refractivity contribution in [3.8, 4) is 0 Å². The fourth-order valence-electron chi connectivity index (χ4n) is 3.30. The summed E-state index contributed by atoms with van der Waals surface area (Å²) >= 11 is 2.61. The molecule has 0 radical (unpaired) electrons. The van der Waals surface area contributed by atoms with Crippen molar-refractivity contribution in [2.45, 2.75) is 23.6 Å². The van der Waals surface area contributed by atoms with Crippen LogP contribution in [0.25, 0.3) is 0 Å². The number of carboxylic acid groups (broad SMARTS) is 1. The van der Waals surface area contributed by atoms with Gasteiger partial charge in [-0.3, -0.25) is 19.3 Å². The number of hydrogen-bond donors (Lipinski definition) is 2. The number of carbonyl (C=O) groups excluding carboxylic acids is 3. The number of carboxylic acids is 1. The van der Waals surface area contributed by atoms with Gasteiger partial charge in [-0.25, -0.2) is 4.79 Å². The molecule has 0 bridgehead atoms. The largest absolute Gasteiger partial charge is 0.477 e. The summed E-state index contributed by atoms with van der Waals surface area (Å²) in [5.41, 5.74) is 0.936. The number of hydrogen-bond acceptors (Lipinski definition) is 8. The smallest absolute Gasteiger partial charge is 0.352 e. The highest BCUT2D eigenvalue weighted by atomic mass is 32.2. The van der Waals surface area contributed by atoms with Crippen LogP contribution in [-0.2, 0) is 28.7 Å². The number of amides is 2. The minimum absolute atomic E-state index is 0.186. The number of methoxy groups -OCH3 is 1. The molecule has 2 N–H and O–H groups in total. The number of fused-ring (bicyclic) bond motifs is 1. The molecule has 31 heavy (non-hydrogen) atoms. The van der Waals surface area contributed by atoms with E-state index in [0.717, 1.165) is 10.5 Å². The third kappa shape index (κ3) is 5.05. The first-order chi connectivity index (χ1) is 14.8. The summed E-state index contributed by atoms with van der Waals surface area (Å²) in [5, 5.41) is 11.3. The molecule has 0 aliphatic carbocycles. The molecule has 1 aromatic carbocycles. The zero-order chi connectivity index (χ0) is 22.5. The van der Waals surface area contributed by atoms with Gasteiger partial charge >= 0.3 is 11.9 Å². The minimum atomic E-state index is -1.27.